The molecule has 28 heavy (non-hydrogen) atoms. The first-order valence-corrected chi connectivity index (χ1v) is 9.05. The number of halogens is 1. The van der Waals surface area contributed by atoms with Crippen molar-refractivity contribution in [1.82, 2.24) is 14.1 Å². The summed E-state index contributed by atoms with van der Waals surface area (Å²) in [6.07, 6.45) is -0.379. The summed E-state index contributed by atoms with van der Waals surface area (Å²) < 4.78 is 18.4. The van der Waals surface area contributed by atoms with Crippen molar-refractivity contribution < 1.29 is 4.39 Å². The van der Waals surface area contributed by atoms with Gasteiger partial charge in [-0.15, -0.1) is 0 Å². The van der Waals surface area contributed by atoms with Crippen LogP contribution in [0.25, 0.3) is 16.7 Å². The summed E-state index contributed by atoms with van der Waals surface area (Å²) in [5.41, 5.74) is 11.2. The van der Waals surface area contributed by atoms with Gasteiger partial charge in [0.15, 0.2) is 12.1 Å². The monoisotopic (exact) mass is 374 g/mol. The van der Waals surface area contributed by atoms with Crippen LogP contribution in [0.1, 0.15) is 23.1 Å². The van der Waals surface area contributed by atoms with E-state index in [1.807, 2.05) is 59.4 Å². The lowest BCUT2D eigenvalue weighted by molar-refractivity contribution is 0.609. The van der Waals surface area contributed by atoms with Gasteiger partial charge in [0.05, 0.1) is 16.7 Å². The summed E-state index contributed by atoms with van der Waals surface area (Å²) >= 11 is 0. The van der Waals surface area contributed by atoms with Gasteiger partial charge in [0.25, 0.3) is 0 Å². The van der Waals surface area contributed by atoms with Crippen molar-refractivity contribution >= 4 is 22.9 Å². The van der Waals surface area contributed by atoms with Crippen molar-refractivity contribution in [2.24, 2.45) is 10.7 Å². The van der Waals surface area contributed by atoms with Crippen molar-refractivity contribution in [2.45, 2.75) is 20.0 Å². The maximum atomic E-state index is 14.5. The molecule has 5 rings (SSSR count). The van der Waals surface area contributed by atoms with E-state index in [4.69, 9.17) is 5.73 Å². The quantitative estimate of drug-likeness (QED) is 0.559. The van der Waals surface area contributed by atoms with Crippen LogP contribution in [0.2, 0.25) is 0 Å². The molecule has 140 valence electrons. The second-order valence-electron chi connectivity index (χ2n) is 6.92. The normalized spacial score (nSPS) is 16.0. The molecule has 0 spiro atoms. The molecule has 0 aliphatic carbocycles. The Morgan fingerprint density at radius 2 is 1.82 bits per heavy atom. The van der Waals surface area contributed by atoms with E-state index in [0.717, 1.165) is 28.0 Å². The number of imidazole rings is 1. The topological polar surface area (TPSA) is 73.2 Å². The lowest BCUT2D eigenvalue weighted by Gasteiger charge is -2.24. The smallest absolute Gasteiger partial charge is 0.212 e. The molecule has 1 aliphatic rings. The number of hydrogen-bond acceptors (Lipinski definition) is 4. The number of nitrogens with two attached hydrogens (primary N) is 1. The number of nitrogens with one attached hydrogen (secondary N) is 1. The minimum absolute atomic E-state index is 0.266. The Morgan fingerprint density at radius 3 is 2.64 bits per heavy atom. The Morgan fingerprint density at radius 1 is 1.07 bits per heavy atom. The van der Waals surface area contributed by atoms with Crippen LogP contribution in [-0.2, 0) is 0 Å². The SMILES string of the molecule is Cc1cc(C2N=C(N)Nc3nc4ccccc4n32)c(C)n1-c1ccccc1F. The molecule has 1 atom stereocenters. The van der Waals surface area contributed by atoms with E-state index >= 15 is 0 Å². The molecule has 1 aliphatic heterocycles. The molecule has 7 heteroatoms. The highest BCUT2D eigenvalue weighted by atomic mass is 19.1. The predicted octanol–water partition coefficient (Wildman–Crippen LogP) is 3.87. The molecule has 2 aromatic carbocycles. The van der Waals surface area contributed by atoms with Gasteiger partial charge >= 0.3 is 0 Å². The molecule has 0 fully saturated rings. The zero-order chi connectivity index (χ0) is 19.4. The average Bonchev–Trinajstić information content (AvgIpc) is 3.18. The summed E-state index contributed by atoms with van der Waals surface area (Å²) in [6, 6.07) is 16.7. The summed E-state index contributed by atoms with van der Waals surface area (Å²) in [5.74, 6) is 0.691. The van der Waals surface area contributed by atoms with Crippen LogP contribution >= 0.6 is 0 Å². The zero-order valence-corrected chi connectivity index (χ0v) is 15.5. The molecule has 6 nitrogen and oxygen atoms in total. The molecular weight excluding hydrogens is 355 g/mol. The highest BCUT2D eigenvalue weighted by Gasteiger charge is 2.28. The third-order valence-electron chi connectivity index (χ3n) is 5.18. The Labute approximate surface area is 161 Å². The van der Waals surface area contributed by atoms with E-state index in [0.29, 0.717) is 17.6 Å². The second-order valence-corrected chi connectivity index (χ2v) is 6.92. The summed E-state index contributed by atoms with van der Waals surface area (Å²) in [7, 11) is 0. The van der Waals surface area contributed by atoms with Gasteiger partial charge in [-0.1, -0.05) is 24.3 Å². The van der Waals surface area contributed by atoms with E-state index in [2.05, 4.69) is 15.3 Å². The number of aryl methyl sites for hydroxylation is 1. The van der Waals surface area contributed by atoms with E-state index in [1.54, 1.807) is 12.1 Å². The number of aromatic nitrogens is 3. The average molecular weight is 374 g/mol. The molecule has 0 radical (unpaired) electrons. The molecule has 4 aromatic rings. The first-order chi connectivity index (χ1) is 13.5. The van der Waals surface area contributed by atoms with Gasteiger partial charge < -0.3 is 10.3 Å². The molecule has 0 saturated heterocycles. The van der Waals surface area contributed by atoms with Gasteiger partial charge in [-0.05, 0) is 44.2 Å². The highest BCUT2D eigenvalue weighted by molar-refractivity contribution is 5.94. The van der Waals surface area contributed by atoms with Crippen molar-refractivity contribution in [3.05, 3.63) is 77.4 Å². The maximum Gasteiger partial charge on any atom is 0.212 e. The predicted molar refractivity (Wildman–Crippen MR) is 108 cm³/mol. The molecule has 0 bridgehead atoms. The molecule has 3 N–H and O–H groups in total. The number of para-hydroxylation sites is 3. The van der Waals surface area contributed by atoms with Crippen LogP contribution in [0.5, 0.6) is 0 Å². The lowest BCUT2D eigenvalue weighted by Crippen LogP contribution is -2.31. The number of aliphatic imine (C=N–C) groups is 1. The van der Waals surface area contributed by atoms with Crippen molar-refractivity contribution in [3.8, 4) is 5.69 Å². The molecule has 3 heterocycles. The fourth-order valence-electron chi connectivity index (χ4n) is 3.98. The van der Waals surface area contributed by atoms with Crippen LogP contribution in [-0.4, -0.2) is 20.1 Å². The minimum Gasteiger partial charge on any atom is -0.370 e. The van der Waals surface area contributed by atoms with Gasteiger partial charge in [-0.25, -0.2) is 14.4 Å². The Kier molecular flexibility index (Phi) is 3.52. The van der Waals surface area contributed by atoms with Crippen LogP contribution in [0.15, 0.2) is 59.6 Å². The number of anilines is 1. The molecule has 0 amide bonds. The van der Waals surface area contributed by atoms with E-state index in [1.165, 1.54) is 6.07 Å². The number of nitrogens with zero attached hydrogens (tertiary/aromatic N) is 4. The zero-order valence-electron chi connectivity index (χ0n) is 15.5. The Balaban J connectivity index is 1.74. The third-order valence-corrected chi connectivity index (χ3v) is 5.18. The first-order valence-electron chi connectivity index (χ1n) is 9.05. The van der Waals surface area contributed by atoms with Gasteiger partial charge in [-0.3, -0.25) is 9.88 Å². The number of hydrogen-bond donors (Lipinski definition) is 2. The van der Waals surface area contributed by atoms with Gasteiger partial charge in [0, 0.05) is 17.0 Å². The third kappa shape index (κ3) is 2.32. The fourth-order valence-corrected chi connectivity index (χ4v) is 3.98. The Hall–Kier alpha value is -3.61. The lowest BCUT2D eigenvalue weighted by atomic mass is 10.1. The van der Waals surface area contributed by atoms with Crippen LogP contribution < -0.4 is 11.1 Å². The molecular formula is C21H19FN6. The molecule has 1 unspecified atom stereocenters. The van der Waals surface area contributed by atoms with Gasteiger partial charge in [-0.2, -0.15) is 0 Å². The van der Waals surface area contributed by atoms with E-state index in [9.17, 15) is 4.39 Å². The fraction of sp³-hybridized carbons (Fsp3) is 0.143. The summed E-state index contributed by atoms with van der Waals surface area (Å²) in [4.78, 5) is 9.28. The molecule has 0 saturated carbocycles. The Bertz CT molecular complexity index is 1250. The number of guanidine groups is 1. The van der Waals surface area contributed by atoms with Crippen LogP contribution in [0, 0.1) is 19.7 Å². The van der Waals surface area contributed by atoms with Crippen LogP contribution in [0.4, 0.5) is 10.3 Å². The van der Waals surface area contributed by atoms with Crippen molar-refractivity contribution in [1.29, 1.82) is 0 Å². The summed E-state index contributed by atoms with van der Waals surface area (Å²) in [5, 5.41) is 3.04. The molecule has 2 aromatic heterocycles. The van der Waals surface area contributed by atoms with E-state index in [-0.39, 0.29) is 12.0 Å². The van der Waals surface area contributed by atoms with Crippen molar-refractivity contribution in [2.75, 3.05) is 5.32 Å². The van der Waals surface area contributed by atoms with E-state index < -0.39 is 0 Å². The highest BCUT2D eigenvalue weighted by Crippen LogP contribution is 2.35. The number of benzene rings is 2. The van der Waals surface area contributed by atoms with Gasteiger partial charge in [0.1, 0.15) is 5.82 Å². The van der Waals surface area contributed by atoms with Crippen molar-refractivity contribution in [3.63, 3.8) is 0 Å². The first kappa shape index (κ1) is 16.6. The summed E-state index contributed by atoms with van der Waals surface area (Å²) in [6.45, 7) is 3.94. The number of fused-ring (bicyclic) bond motifs is 3. The number of rotatable bonds is 2. The minimum atomic E-state index is -0.379. The maximum absolute atomic E-state index is 14.5. The standard InChI is InChI=1S/C21H19FN6/c1-12-11-14(13(2)27(12)17-9-5-3-7-15(17)22)19-25-20(23)26-21-24-16-8-4-6-10-18(16)28(19)21/h3-11,19H,1-2H3,(H3,23,24,25,26). The second kappa shape index (κ2) is 5.95. The van der Waals surface area contributed by atoms with Gasteiger partial charge in [0.2, 0.25) is 5.95 Å². The largest absolute Gasteiger partial charge is 0.370 e. The van der Waals surface area contributed by atoms with Crippen LogP contribution in [0.3, 0.4) is 0 Å².